The Morgan fingerprint density at radius 2 is 1.79 bits per heavy atom. The number of carboxylic acids is 1. The molecule has 0 fully saturated rings. The van der Waals surface area contributed by atoms with Crippen LogP contribution in [-0.2, 0) is 4.79 Å². The van der Waals surface area contributed by atoms with Crippen molar-refractivity contribution in [2.24, 2.45) is 5.92 Å². The minimum absolute atomic E-state index is 0.0504. The third kappa shape index (κ3) is 3.94. The molecule has 0 saturated heterocycles. The lowest BCUT2D eigenvalue weighted by Crippen LogP contribution is -2.12. The highest BCUT2D eigenvalue weighted by molar-refractivity contribution is 5.87. The van der Waals surface area contributed by atoms with Crippen molar-refractivity contribution >= 4 is 5.97 Å². The molecule has 14 heavy (non-hydrogen) atoms. The molecule has 0 aliphatic carbocycles. The van der Waals surface area contributed by atoms with Gasteiger partial charge in [0.25, 0.3) is 0 Å². The summed E-state index contributed by atoms with van der Waals surface area (Å²) in [4.78, 5) is 10.7. The minimum Gasteiger partial charge on any atom is -0.513 e. The second-order valence-corrected chi connectivity index (χ2v) is 3.33. The van der Waals surface area contributed by atoms with Crippen LogP contribution in [0.25, 0.3) is 0 Å². The van der Waals surface area contributed by atoms with Gasteiger partial charge in [0.2, 0.25) is 0 Å². The third-order valence-electron chi connectivity index (χ3n) is 2.01. The number of carboxylic acid groups (broad SMARTS) is 1. The van der Waals surface area contributed by atoms with Gasteiger partial charge in [0, 0.05) is 17.9 Å². The summed E-state index contributed by atoms with van der Waals surface area (Å²) in [5.74, 6) is -1.27. The standard InChI is InChI=1S/C11H16O3/c1-7(2)10(6-5-8(3)12)9(4)11(13)14/h10,12H,1,3-6H2,2H3,(H,13,14). The Morgan fingerprint density at radius 3 is 2.07 bits per heavy atom. The quantitative estimate of drug-likeness (QED) is 0.390. The predicted molar refractivity (Wildman–Crippen MR) is 56.1 cm³/mol. The molecule has 0 bridgehead atoms. The van der Waals surface area contributed by atoms with Gasteiger partial charge >= 0.3 is 5.97 Å². The van der Waals surface area contributed by atoms with Crippen molar-refractivity contribution in [2.75, 3.05) is 0 Å². The van der Waals surface area contributed by atoms with E-state index in [0.717, 1.165) is 5.57 Å². The fourth-order valence-electron chi connectivity index (χ4n) is 1.18. The molecule has 0 spiro atoms. The molecule has 0 aromatic carbocycles. The van der Waals surface area contributed by atoms with Crippen LogP contribution in [0.15, 0.2) is 36.6 Å². The molecule has 0 aliphatic heterocycles. The number of hydrogen-bond donors (Lipinski definition) is 2. The van der Waals surface area contributed by atoms with E-state index in [1.54, 1.807) is 6.92 Å². The Morgan fingerprint density at radius 1 is 1.29 bits per heavy atom. The van der Waals surface area contributed by atoms with Crippen molar-refractivity contribution in [3.05, 3.63) is 36.6 Å². The van der Waals surface area contributed by atoms with Crippen molar-refractivity contribution in [3.63, 3.8) is 0 Å². The third-order valence-corrected chi connectivity index (χ3v) is 2.01. The van der Waals surface area contributed by atoms with Gasteiger partial charge < -0.3 is 10.2 Å². The van der Waals surface area contributed by atoms with Crippen molar-refractivity contribution in [1.29, 1.82) is 0 Å². The first kappa shape index (κ1) is 12.5. The van der Waals surface area contributed by atoms with E-state index < -0.39 is 5.97 Å². The average molecular weight is 196 g/mol. The molecule has 2 N–H and O–H groups in total. The highest BCUT2D eigenvalue weighted by Gasteiger charge is 2.18. The van der Waals surface area contributed by atoms with Gasteiger partial charge in [0.1, 0.15) is 0 Å². The van der Waals surface area contributed by atoms with Gasteiger partial charge in [0.15, 0.2) is 0 Å². The van der Waals surface area contributed by atoms with Crippen LogP contribution in [0, 0.1) is 5.92 Å². The van der Waals surface area contributed by atoms with Gasteiger partial charge in [-0.25, -0.2) is 4.79 Å². The van der Waals surface area contributed by atoms with E-state index in [9.17, 15) is 4.79 Å². The smallest absolute Gasteiger partial charge is 0.331 e. The van der Waals surface area contributed by atoms with Crippen LogP contribution in [0.5, 0.6) is 0 Å². The fourth-order valence-corrected chi connectivity index (χ4v) is 1.18. The summed E-state index contributed by atoms with van der Waals surface area (Å²) in [7, 11) is 0. The Balaban J connectivity index is 4.45. The summed E-state index contributed by atoms with van der Waals surface area (Å²) in [6.45, 7) is 12.3. The number of aliphatic carboxylic acids is 1. The van der Waals surface area contributed by atoms with Gasteiger partial charge in [-0.15, -0.1) is 0 Å². The molecule has 1 unspecified atom stereocenters. The van der Waals surface area contributed by atoms with E-state index in [1.165, 1.54) is 0 Å². The number of aliphatic hydroxyl groups excluding tert-OH is 1. The van der Waals surface area contributed by atoms with Gasteiger partial charge in [-0.1, -0.05) is 25.3 Å². The fraction of sp³-hybridized carbons (Fsp3) is 0.364. The molecule has 3 heteroatoms. The monoisotopic (exact) mass is 196 g/mol. The topological polar surface area (TPSA) is 57.5 Å². The second kappa shape index (κ2) is 5.27. The van der Waals surface area contributed by atoms with Crippen LogP contribution in [0.2, 0.25) is 0 Å². The van der Waals surface area contributed by atoms with Crippen molar-refractivity contribution < 1.29 is 15.0 Å². The van der Waals surface area contributed by atoms with E-state index in [4.69, 9.17) is 10.2 Å². The molecule has 0 rings (SSSR count). The number of hydrogen-bond acceptors (Lipinski definition) is 2. The molecule has 0 saturated carbocycles. The number of carbonyl (C=O) groups is 1. The van der Waals surface area contributed by atoms with Crippen LogP contribution in [0.1, 0.15) is 19.8 Å². The molecule has 0 radical (unpaired) electrons. The first-order chi connectivity index (χ1) is 6.36. The number of rotatable bonds is 6. The average Bonchev–Trinajstić information content (AvgIpc) is 2.02. The largest absolute Gasteiger partial charge is 0.513 e. The molecule has 78 valence electrons. The maximum Gasteiger partial charge on any atom is 0.331 e. The predicted octanol–water partition coefficient (Wildman–Crippen LogP) is 2.67. The van der Waals surface area contributed by atoms with E-state index >= 15 is 0 Å². The van der Waals surface area contributed by atoms with E-state index in [-0.39, 0.29) is 17.3 Å². The summed E-state index contributed by atoms with van der Waals surface area (Å²) >= 11 is 0. The molecular formula is C11H16O3. The van der Waals surface area contributed by atoms with E-state index in [0.29, 0.717) is 12.8 Å². The SMILES string of the molecule is C=C(O)CCC(C(=C)C)C(=C)C(=O)O. The molecule has 0 aromatic rings. The Bertz CT molecular complexity index is 276. The minimum atomic E-state index is -1.03. The second-order valence-electron chi connectivity index (χ2n) is 3.33. The van der Waals surface area contributed by atoms with Crippen molar-refractivity contribution in [3.8, 4) is 0 Å². The summed E-state index contributed by atoms with van der Waals surface area (Å²) in [5.41, 5.74) is 0.845. The van der Waals surface area contributed by atoms with Crippen molar-refractivity contribution in [1.82, 2.24) is 0 Å². The maximum absolute atomic E-state index is 10.7. The molecule has 0 amide bonds. The van der Waals surface area contributed by atoms with Crippen LogP contribution >= 0.6 is 0 Å². The lowest BCUT2D eigenvalue weighted by atomic mass is 9.89. The Hall–Kier alpha value is -1.51. The first-order valence-electron chi connectivity index (χ1n) is 4.30. The van der Waals surface area contributed by atoms with E-state index in [2.05, 4.69) is 19.7 Å². The Kier molecular flexibility index (Phi) is 4.70. The lowest BCUT2D eigenvalue weighted by molar-refractivity contribution is -0.133. The number of allylic oxidation sites excluding steroid dienone is 2. The van der Waals surface area contributed by atoms with Crippen LogP contribution < -0.4 is 0 Å². The summed E-state index contributed by atoms with van der Waals surface area (Å²) in [6, 6.07) is 0. The molecule has 0 heterocycles. The normalized spacial score (nSPS) is 11.8. The van der Waals surface area contributed by atoms with Gasteiger partial charge in [-0.05, 0) is 13.3 Å². The molecule has 3 nitrogen and oxygen atoms in total. The summed E-state index contributed by atoms with van der Waals surface area (Å²) < 4.78 is 0. The lowest BCUT2D eigenvalue weighted by Gasteiger charge is -2.16. The zero-order chi connectivity index (χ0) is 11.3. The Labute approximate surface area is 84.1 Å². The number of aliphatic hydroxyl groups is 1. The van der Waals surface area contributed by atoms with Crippen LogP contribution in [-0.4, -0.2) is 16.2 Å². The molecular weight excluding hydrogens is 180 g/mol. The molecule has 1 atom stereocenters. The highest BCUT2D eigenvalue weighted by atomic mass is 16.4. The van der Waals surface area contributed by atoms with E-state index in [1.807, 2.05) is 0 Å². The summed E-state index contributed by atoms with van der Waals surface area (Å²) in [6.07, 6.45) is 0.847. The van der Waals surface area contributed by atoms with Gasteiger partial charge in [-0.3, -0.25) is 0 Å². The molecule has 0 aliphatic rings. The molecule has 0 aromatic heterocycles. The zero-order valence-corrected chi connectivity index (χ0v) is 8.42. The van der Waals surface area contributed by atoms with Crippen molar-refractivity contribution in [2.45, 2.75) is 19.8 Å². The highest BCUT2D eigenvalue weighted by Crippen LogP contribution is 2.24. The summed E-state index contributed by atoms with van der Waals surface area (Å²) in [5, 5.41) is 17.6. The van der Waals surface area contributed by atoms with Crippen LogP contribution in [0.4, 0.5) is 0 Å². The maximum atomic E-state index is 10.7. The van der Waals surface area contributed by atoms with Gasteiger partial charge in [0.05, 0.1) is 5.76 Å². The zero-order valence-electron chi connectivity index (χ0n) is 8.42. The van der Waals surface area contributed by atoms with Gasteiger partial charge in [-0.2, -0.15) is 0 Å². The van der Waals surface area contributed by atoms with Crippen LogP contribution in [0.3, 0.4) is 0 Å². The first-order valence-corrected chi connectivity index (χ1v) is 4.30.